The number of aliphatic carboxylic acids is 1. The topological polar surface area (TPSA) is 209 Å². The average Bonchev–Trinajstić information content (AvgIpc) is 3.12. The van der Waals surface area contributed by atoms with Crippen LogP contribution in [0.5, 0.6) is 0 Å². The number of amides is 4. The van der Waals surface area contributed by atoms with Crippen molar-refractivity contribution in [2.75, 3.05) is 13.1 Å². The minimum atomic E-state index is -1.22. The van der Waals surface area contributed by atoms with Crippen molar-refractivity contribution in [2.24, 2.45) is 11.5 Å². The summed E-state index contributed by atoms with van der Waals surface area (Å²) in [6.07, 6.45) is 1.36. The van der Waals surface area contributed by atoms with Crippen LogP contribution in [0.15, 0.2) is 30.5 Å². The molecule has 166 valence electrons. The van der Waals surface area contributed by atoms with Gasteiger partial charge in [0.15, 0.2) is 0 Å². The summed E-state index contributed by atoms with van der Waals surface area (Å²) >= 11 is 0. The van der Waals surface area contributed by atoms with Gasteiger partial charge in [0.2, 0.25) is 23.6 Å². The molecule has 31 heavy (non-hydrogen) atoms. The highest BCUT2D eigenvalue weighted by atomic mass is 16.4. The van der Waals surface area contributed by atoms with Crippen molar-refractivity contribution >= 4 is 40.5 Å². The lowest BCUT2D eigenvalue weighted by Crippen LogP contribution is -2.49. The van der Waals surface area contributed by atoms with Gasteiger partial charge in [-0.15, -0.1) is 0 Å². The lowest BCUT2D eigenvalue weighted by molar-refractivity contribution is -0.141. The number of hydrogen-bond acceptors (Lipinski definition) is 6. The third-order valence-corrected chi connectivity index (χ3v) is 4.36. The maximum Gasteiger partial charge on any atom is 0.326 e. The van der Waals surface area contributed by atoms with Crippen LogP contribution >= 0.6 is 0 Å². The number of benzene rings is 1. The normalized spacial score (nSPS) is 12.5. The average molecular weight is 432 g/mol. The molecule has 2 atom stereocenters. The molecule has 4 amide bonds. The van der Waals surface area contributed by atoms with Gasteiger partial charge in [-0.25, -0.2) is 4.79 Å². The number of para-hydroxylation sites is 1. The molecule has 0 saturated carbocycles. The summed E-state index contributed by atoms with van der Waals surface area (Å²) in [5.74, 6) is -4.14. The van der Waals surface area contributed by atoms with Gasteiger partial charge in [-0.1, -0.05) is 18.2 Å². The number of fused-ring (bicyclic) bond motifs is 1. The zero-order chi connectivity index (χ0) is 23.0. The number of H-pyrrole nitrogens is 1. The summed E-state index contributed by atoms with van der Waals surface area (Å²) in [6.45, 7) is -0.962. The molecule has 0 fully saturated rings. The molecule has 0 saturated heterocycles. The van der Waals surface area contributed by atoms with E-state index in [0.29, 0.717) is 0 Å². The molecule has 0 bridgehead atoms. The standard InChI is InChI=1S/C19H24N6O6/c20-12(6-15(21)26)18(29)24-8-16(27)23-9-17(28)25-14(19(30)31)5-10-7-22-13-4-2-1-3-11(10)13/h1-4,7,12,14,22H,5-6,8-9,20H2,(H2,21,26)(H,23,27)(H,24,29)(H,25,28)(H,30,31). The Morgan fingerprint density at radius 2 is 1.71 bits per heavy atom. The fourth-order valence-electron chi connectivity index (χ4n) is 2.82. The first-order valence-electron chi connectivity index (χ1n) is 9.32. The zero-order valence-electron chi connectivity index (χ0n) is 16.5. The second kappa shape index (κ2) is 10.7. The molecule has 9 N–H and O–H groups in total. The van der Waals surface area contributed by atoms with Gasteiger partial charge < -0.3 is 37.5 Å². The van der Waals surface area contributed by atoms with Gasteiger partial charge >= 0.3 is 5.97 Å². The van der Waals surface area contributed by atoms with E-state index < -0.39 is 54.8 Å². The fraction of sp³-hybridized carbons (Fsp3) is 0.316. The van der Waals surface area contributed by atoms with Gasteiger partial charge in [0.05, 0.1) is 25.6 Å². The number of hydrogen-bond donors (Lipinski definition) is 7. The van der Waals surface area contributed by atoms with Gasteiger partial charge in [0, 0.05) is 23.5 Å². The number of aromatic amines is 1. The highest BCUT2D eigenvalue weighted by molar-refractivity contribution is 5.92. The van der Waals surface area contributed by atoms with E-state index in [1.165, 1.54) is 0 Å². The van der Waals surface area contributed by atoms with Gasteiger partial charge in [0.1, 0.15) is 6.04 Å². The van der Waals surface area contributed by atoms with Crippen LogP contribution in [-0.4, -0.2) is 64.9 Å². The zero-order valence-corrected chi connectivity index (χ0v) is 16.5. The largest absolute Gasteiger partial charge is 0.480 e. The van der Waals surface area contributed by atoms with Crippen molar-refractivity contribution in [1.29, 1.82) is 0 Å². The van der Waals surface area contributed by atoms with Crippen LogP contribution < -0.4 is 27.4 Å². The molecule has 12 nitrogen and oxygen atoms in total. The molecule has 0 aliphatic rings. The Labute approximate surface area is 176 Å². The summed E-state index contributed by atoms with van der Waals surface area (Å²) in [4.78, 5) is 60.8. The molecule has 0 spiro atoms. The molecule has 2 rings (SSSR count). The predicted molar refractivity (Wildman–Crippen MR) is 109 cm³/mol. The first-order valence-corrected chi connectivity index (χ1v) is 9.32. The Morgan fingerprint density at radius 1 is 1.03 bits per heavy atom. The van der Waals surface area contributed by atoms with Gasteiger partial charge in [0.25, 0.3) is 0 Å². The quantitative estimate of drug-likeness (QED) is 0.206. The third-order valence-electron chi connectivity index (χ3n) is 4.36. The highest BCUT2D eigenvalue weighted by Crippen LogP contribution is 2.19. The Bertz CT molecular complexity index is 987. The smallest absolute Gasteiger partial charge is 0.326 e. The van der Waals surface area contributed by atoms with Crippen LogP contribution in [0.25, 0.3) is 10.9 Å². The summed E-state index contributed by atoms with van der Waals surface area (Å²) < 4.78 is 0. The lowest BCUT2D eigenvalue weighted by Gasteiger charge is -2.15. The van der Waals surface area contributed by atoms with Gasteiger partial charge in [-0.2, -0.15) is 0 Å². The van der Waals surface area contributed by atoms with Crippen LogP contribution in [-0.2, 0) is 30.4 Å². The van der Waals surface area contributed by atoms with Crippen LogP contribution in [0.2, 0.25) is 0 Å². The highest BCUT2D eigenvalue weighted by Gasteiger charge is 2.22. The maximum absolute atomic E-state index is 12.1. The van der Waals surface area contributed by atoms with Crippen molar-refractivity contribution < 1.29 is 29.1 Å². The van der Waals surface area contributed by atoms with Crippen LogP contribution in [0.1, 0.15) is 12.0 Å². The molecule has 0 aliphatic carbocycles. The van der Waals surface area contributed by atoms with Crippen molar-refractivity contribution in [2.45, 2.75) is 24.9 Å². The monoisotopic (exact) mass is 432 g/mol. The summed E-state index contributed by atoms with van der Waals surface area (Å²) in [6, 6.07) is 4.97. The summed E-state index contributed by atoms with van der Waals surface area (Å²) in [7, 11) is 0. The summed E-state index contributed by atoms with van der Waals surface area (Å²) in [5.41, 5.74) is 11.9. The van der Waals surface area contributed by atoms with Crippen LogP contribution in [0, 0.1) is 0 Å². The van der Waals surface area contributed by atoms with Crippen molar-refractivity contribution in [3.63, 3.8) is 0 Å². The molecule has 12 heteroatoms. The number of carboxylic acid groups (broad SMARTS) is 1. The van der Waals surface area contributed by atoms with Crippen molar-refractivity contribution in [3.8, 4) is 0 Å². The molecule has 1 aromatic carbocycles. The van der Waals surface area contributed by atoms with E-state index in [0.717, 1.165) is 16.5 Å². The van der Waals surface area contributed by atoms with E-state index in [-0.39, 0.29) is 12.8 Å². The first kappa shape index (κ1) is 23.3. The van der Waals surface area contributed by atoms with Crippen LogP contribution in [0.3, 0.4) is 0 Å². The van der Waals surface area contributed by atoms with E-state index in [1.54, 1.807) is 6.20 Å². The van der Waals surface area contributed by atoms with E-state index in [9.17, 15) is 29.1 Å². The van der Waals surface area contributed by atoms with E-state index in [4.69, 9.17) is 11.5 Å². The number of primary amides is 1. The Hall–Kier alpha value is -3.93. The van der Waals surface area contributed by atoms with Crippen molar-refractivity contribution in [3.05, 3.63) is 36.0 Å². The number of carbonyl (C=O) groups excluding carboxylic acids is 4. The first-order chi connectivity index (χ1) is 14.7. The molecular weight excluding hydrogens is 408 g/mol. The van der Waals surface area contributed by atoms with E-state index in [1.807, 2.05) is 24.3 Å². The summed E-state index contributed by atoms with van der Waals surface area (Å²) in [5, 5.41) is 17.1. The van der Waals surface area contributed by atoms with Crippen molar-refractivity contribution in [1.82, 2.24) is 20.9 Å². The number of nitrogens with two attached hydrogens (primary N) is 2. The SMILES string of the molecule is NC(=O)CC(N)C(=O)NCC(=O)NCC(=O)NC(Cc1c[nH]c2ccccc12)C(=O)O. The number of aromatic nitrogens is 1. The molecule has 0 aliphatic heterocycles. The number of rotatable bonds is 11. The van der Waals surface area contributed by atoms with E-state index in [2.05, 4.69) is 20.9 Å². The van der Waals surface area contributed by atoms with E-state index >= 15 is 0 Å². The Kier molecular flexibility index (Phi) is 8.09. The Morgan fingerprint density at radius 3 is 2.39 bits per heavy atom. The fourth-order valence-corrected chi connectivity index (χ4v) is 2.82. The third kappa shape index (κ3) is 7.12. The van der Waals surface area contributed by atoms with Gasteiger partial charge in [-0.05, 0) is 11.6 Å². The molecular formula is C19H24N6O6. The predicted octanol–water partition coefficient (Wildman–Crippen LogP) is -2.29. The minimum Gasteiger partial charge on any atom is -0.480 e. The minimum absolute atomic E-state index is 0.0485. The molecule has 1 heterocycles. The van der Waals surface area contributed by atoms with Crippen LogP contribution in [0.4, 0.5) is 0 Å². The number of carboxylic acids is 1. The number of carbonyl (C=O) groups is 5. The Balaban J connectivity index is 1.81. The number of nitrogens with one attached hydrogen (secondary N) is 4. The molecule has 1 aromatic heterocycles. The maximum atomic E-state index is 12.1. The van der Waals surface area contributed by atoms with Gasteiger partial charge in [-0.3, -0.25) is 19.2 Å². The second-order valence-electron chi connectivity index (χ2n) is 6.79. The molecule has 0 radical (unpaired) electrons. The second-order valence-corrected chi connectivity index (χ2v) is 6.79. The molecule has 2 unspecified atom stereocenters. The molecule has 2 aromatic rings. The lowest BCUT2D eigenvalue weighted by atomic mass is 10.1.